The Kier molecular flexibility index (Phi) is 2.52. The Morgan fingerprint density at radius 2 is 2.27 bits per heavy atom. The molecule has 0 saturated carbocycles. The Hall–Kier alpha value is -0.120. The van der Waals surface area contributed by atoms with Gasteiger partial charge >= 0.3 is 0 Å². The lowest BCUT2D eigenvalue weighted by Gasteiger charge is -2.38. The first kappa shape index (κ1) is 8.97. The van der Waals surface area contributed by atoms with Gasteiger partial charge in [0.25, 0.3) is 0 Å². The lowest BCUT2D eigenvalue weighted by Crippen LogP contribution is -2.44. The zero-order chi connectivity index (χ0) is 8.48. The van der Waals surface area contributed by atoms with Gasteiger partial charge in [0.2, 0.25) is 0 Å². The largest absolute Gasteiger partial charge is 0.393 e. The molecule has 1 fully saturated rings. The van der Waals surface area contributed by atoms with Gasteiger partial charge in [0, 0.05) is 19.4 Å². The molecule has 0 aromatic carbocycles. The van der Waals surface area contributed by atoms with Crippen molar-refractivity contribution >= 4 is 0 Å². The molecule has 1 aliphatic heterocycles. The molecular formula is C8H16O3. The molecule has 1 heterocycles. The molecule has 3 atom stereocenters. The maximum absolute atomic E-state index is 9.48. The van der Waals surface area contributed by atoms with Gasteiger partial charge in [-0.3, -0.25) is 0 Å². The highest BCUT2D eigenvalue weighted by Crippen LogP contribution is 2.28. The molecule has 0 aliphatic carbocycles. The maximum Gasteiger partial charge on any atom is 0.167 e. The van der Waals surface area contributed by atoms with E-state index in [1.165, 1.54) is 0 Å². The minimum Gasteiger partial charge on any atom is -0.393 e. The molecule has 0 unspecified atom stereocenters. The Labute approximate surface area is 67.3 Å². The van der Waals surface area contributed by atoms with Crippen molar-refractivity contribution in [1.29, 1.82) is 0 Å². The summed E-state index contributed by atoms with van der Waals surface area (Å²) in [7, 11) is 1.60. The van der Waals surface area contributed by atoms with E-state index in [0.29, 0.717) is 13.0 Å². The molecule has 1 saturated heterocycles. The van der Waals surface area contributed by atoms with Crippen LogP contribution in [0.15, 0.2) is 0 Å². The van der Waals surface area contributed by atoms with Crippen molar-refractivity contribution in [3.8, 4) is 0 Å². The average molecular weight is 160 g/mol. The summed E-state index contributed by atoms with van der Waals surface area (Å²) < 4.78 is 10.5. The second kappa shape index (κ2) is 3.09. The van der Waals surface area contributed by atoms with E-state index in [0.717, 1.165) is 0 Å². The van der Waals surface area contributed by atoms with E-state index in [1.54, 1.807) is 7.11 Å². The van der Waals surface area contributed by atoms with Crippen molar-refractivity contribution in [2.45, 2.75) is 32.2 Å². The SMILES string of the molecule is CO[C@]1(C)C[C@@H](O)[C@H](C)CO1. The van der Waals surface area contributed by atoms with Crippen LogP contribution in [0.2, 0.25) is 0 Å². The van der Waals surface area contributed by atoms with Gasteiger partial charge in [0.05, 0.1) is 12.7 Å². The van der Waals surface area contributed by atoms with Gasteiger partial charge in [0.1, 0.15) is 0 Å². The fourth-order valence-corrected chi connectivity index (χ4v) is 1.20. The molecule has 1 rings (SSSR count). The van der Waals surface area contributed by atoms with Crippen molar-refractivity contribution in [3.63, 3.8) is 0 Å². The van der Waals surface area contributed by atoms with E-state index in [4.69, 9.17) is 9.47 Å². The fourth-order valence-electron chi connectivity index (χ4n) is 1.20. The highest BCUT2D eigenvalue weighted by atomic mass is 16.7. The van der Waals surface area contributed by atoms with Crippen LogP contribution in [0.1, 0.15) is 20.3 Å². The van der Waals surface area contributed by atoms with Crippen LogP contribution < -0.4 is 0 Å². The summed E-state index contributed by atoms with van der Waals surface area (Å²) in [6.45, 7) is 4.40. The molecule has 0 spiro atoms. The Balaban J connectivity index is 2.51. The monoisotopic (exact) mass is 160 g/mol. The normalized spacial score (nSPS) is 45.8. The summed E-state index contributed by atoms with van der Waals surface area (Å²) in [6, 6.07) is 0. The van der Waals surface area contributed by atoms with Crippen molar-refractivity contribution in [2.75, 3.05) is 13.7 Å². The number of hydrogen-bond donors (Lipinski definition) is 1. The third kappa shape index (κ3) is 1.92. The van der Waals surface area contributed by atoms with E-state index in [2.05, 4.69) is 0 Å². The Bertz CT molecular complexity index is 137. The van der Waals surface area contributed by atoms with Gasteiger partial charge in [-0.25, -0.2) is 0 Å². The predicted octanol–water partition coefficient (Wildman–Crippen LogP) is 0.766. The van der Waals surface area contributed by atoms with Crippen LogP contribution in [0.25, 0.3) is 0 Å². The second-order valence-electron chi connectivity index (χ2n) is 3.40. The minimum absolute atomic E-state index is 0.221. The fraction of sp³-hybridized carbons (Fsp3) is 1.00. The van der Waals surface area contributed by atoms with Crippen LogP contribution in [0, 0.1) is 5.92 Å². The smallest absolute Gasteiger partial charge is 0.167 e. The first-order valence-corrected chi connectivity index (χ1v) is 3.94. The molecule has 0 amide bonds. The number of ether oxygens (including phenoxy) is 2. The van der Waals surface area contributed by atoms with E-state index < -0.39 is 5.79 Å². The van der Waals surface area contributed by atoms with Crippen LogP contribution in [-0.4, -0.2) is 30.7 Å². The Morgan fingerprint density at radius 1 is 1.64 bits per heavy atom. The van der Waals surface area contributed by atoms with E-state index in [-0.39, 0.29) is 12.0 Å². The number of rotatable bonds is 1. The highest BCUT2D eigenvalue weighted by Gasteiger charge is 2.35. The first-order chi connectivity index (χ1) is 5.07. The lowest BCUT2D eigenvalue weighted by molar-refractivity contribution is -0.260. The van der Waals surface area contributed by atoms with Crippen molar-refractivity contribution in [2.24, 2.45) is 5.92 Å². The minimum atomic E-state index is -0.577. The van der Waals surface area contributed by atoms with Gasteiger partial charge in [-0.05, 0) is 6.92 Å². The molecule has 0 aromatic rings. The number of methoxy groups -OCH3 is 1. The van der Waals surface area contributed by atoms with Gasteiger partial charge in [-0.15, -0.1) is 0 Å². The average Bonchev–Trinajstić information content (AvgIpc) is 1.98. The third-order valence-corrected chi connectivity index (χ3v) is 2.32. The third-order valence-electron chi connectivity index (χ3n) is 2.32. The molecule has 0 radical (unpaired) electrons. The summed E-state index contributed by atoms with van der Waals surface area (Å²) in [5, 5.41) is 9.48. The van der Waals surface area contributed by atoms with Gasteiger partial charge in [-0.1, -0.05) is 6.92 Å². The summed E-state index contributed by atoms with van der Waals surface area (Å²) >= 11 is 0. The number of hydrogen-bond acceptors (Lipinski definition) is 3. The molecule has 0 bridgehead atoms. The van der Waals surface area contributed by atoms with Crippen LogP contribution in [-0.2, 0) is 9.47 Å². The zero-order valence-corrected chi connectivity index (χ0v) is 7.33. The van der Waals surface area contributed by atoms with Crippen LogP contribution >= 0.6 is 0 Å². The molecule has 3 nitrogen and oxygen atoms in total. The van der Waals surface area contributed by atoms with Crippen LogP contribution in [0.3, 0.4) is 0 Å². The quantitative estimate of drug-likeness (QED) is 0.615. The van der Waals surface area contributed by atoms with Gasteiger partial charge in [0.15, 0.2) is 5.79 Å². The standard InChI is InChI=1S/C8H16O3/c1-6-5-11-8(2,10-3)4-7(6)9/h6-7,9H,4-5H2,1-3H3/t6-,7-,8+/m1/s1. The van der Waals surface area contributed by atoms with Crippen molar-refractivity contribution < 1.29 is 14.6 Å². The van der Waals surface area contributed by atoms with E-state index in [9.17, 15) is 5.11 Å². The van der Waals surface area contributed by atoms with Gasteiger partial charge < -0.3 is 14.6 Å². The van der Waals surface area contributed by atoms with Gasteiger partial charge in [-0.2, -0.15) is 0 Å². The van der Waals surface area contributed by atoms with E-state index in [1.807, 2.05) is 13.8 Å². The molecule has 3 heteroatoms. The summed E-state index contributed by atoms with van der Waals surface area (Å²) in [4.78, 5) is 0. The molecule has 0 aromatic heterocycles. The first-order valence-electron chi connectivity index (χ1n) is 3.94. The highest BCUT2D eigenvalue weighted by molar-refractivity contribution is 4.78. The molecular weight excluding hydrogens is 144 g/mol. The summed E-state index contributed by atoms with van der Waals surface area (Å²) in [5.74, 6) is -0.357. The van der Waals surface area contributed by atoms with E-state index >= 15 is 0 Å². The van der Waals surface area contributed by atoms with Crippen molar-refractivity contribution in [3.05, 3.63) is 0 Å². The Morgan fingerprint density at radius 3 is 2.73 bits per heavy atom. The molecule has 66 valence electrons. The molecule has 1 aliphatic rings. The predicted molar refractivity (Wildman–Crippen MR) is 41.2 cm³/mol. The summed E-state index contributed by atoms with van der Waals surface area (Å²) in [5.41, 5.74) is 0. The zero-order valence-electron chi connectivity index (χ0n) is 7.33. The second-order valence-corrected chi connectivity index (χ2v) is 3.40. The lowest BCUT2D eigenvalue weighted by atomic mass is 9.95. The van der Waals surface area contributed by atoms with Crippen LogP contribution in [0.4, 0.5) is 0 Å². The topological polar surface area (TPSA) is 38.7 Å². The maximum atomic E-state index is 9.48. The van der Waals surface area contributed by atoms with Crippen molar-refractivity contribution in [1.82, 2.24) is 0 Å². The number of aliphatic hydroxyl groups excluding tert-OH is 1. The molecule has 11 heavy (non-hydrogen) atoms. The summed E-state index contributed by atoms with van der Waals surface area (Å²) in [6.07, 6.45) is 0.263. The number of aliphatic hydroxyl groups is 1. The van der Waals surface area contributed by atoms with Crippen LogP contribution in [0.5, 0.6) is 0 Å². The molecule has 1 N–H and O–H groups in total.